The number of aryl methyl sites for hydroxylation is 1. The molecule has 2 aromatic carbocycles. The van der Waals surface area contributed by atoms with Gasteiger partial charge in [0, 0.05) is 49.7 Å². The zero-order chi connectivity index (χ0) is 19.8. The summed E-state index contributed by atoms with van der Waals surface area (Å²) in [5.41, 5.74) is 2.74. The molecule has 0 atom stereocenters. The molecular formula is C23H23N3O3. The largest absolute Gasteiger partial charge is 0.464 e. The van der Waals surface area contributed by atoms with Crippen molar-refractivity contribution in [1.82, 2.24) is 15.0 Å². The van der Waals surface area contributed by atoms with Crippen molar-refractivity contribution in [3.63, 3.8) is 0 Å². The van der Waals surface area contributed by atoms with E-state index in [1.54, 1.807) is 6.26 Å². The maximum atomic E-state index is 13.0. The van der Waals surface area contributed by atoms with E-state index in [0.29, 0.717) is 6.42 Å². The molecule has 4 aromatic rings. The van der Waals surface area contributed by atoms with Crippen LogP contribution in [0.3, 0.4) is 0 Å². The molecule has 6 heteroatoms. The van der Waals surface area contributed by atoms with Gasteiger partial charge in [-0.25, -0.2) is 0 Å². The van der Waals surface area contributed by atoms with Gasteiger partial charge in [0.25, 0.3) is 0 Å². The summed E-state index contributed by atoms with van der Waals surface area (Å²) in [6.07, 6.45) is 2.10. The van der Waals surface area contributed by atoms with Crippen LogP contribution in [0.25, 0.3) is 21.7 Å². The van der Waals surface area contributed by atoms with Crippen LogP contribution in [0.2, 0.25) is 0 Å². The van der Waals surface area contributed by atoms with Crippen molar-refractivity contribution in [2.24, 2.45) is 0 Å². The second-order valence-electron chi connectivity index (χ2n) is 7.68. The summed E-state index contributed by atoms with van der Waals surface area (Å²) in [5.74, 6) is 0.978. The second-order valence-corrected chi connectivity index (χ2v) is 7.68. The highest BCUT2D eigenvalue weighted by atomic mass is 16.5. The van der Waals surface area contributed by atoms with Gasteiger partial charge in [0.1, 0.15) is 11.3 Å². The highest BCUT2D eigenvalue weighted by molar-refractivity contribution is 6.08. The van der Waals surface area contributed by atoms with Gasteiger partial charge in [-0.15, -0.1) is 0 Å². The first-order chi connectivity index (χ1) is 14.2. The molecule has 6 nitrogen and oxygen atoms in total. The predicted molar refractivity (Wildman–Crippen MR) is 111 cm³/mol. The van der Waals surface area contributed by atoms with E-state index in [4.69, 9.17) is 8.94 Å². The number of amides is 1. The number of furan rings is 1. The molecule has 1 fully saturated rings. The Kier molecular flexibility index (Phi) is 4.56. The number of fused-ring (bicyclic) bond motifs is 3. The van der Waals surface area contributed by atoms with Gasteiger partial charge in [-0.05, 0) is 23.8 Å². The molecule has 0 spiro atoms. The molecule has 0 N–H and O–H groups in total. The zero-order valence-corrected chi connectivity index (χ0v) is 16.4. The van der Waals surface area contributed by atoms with E-state index in [-0.39, 0.29) is 5.91 Å². The molecule has 5 rings (SSSR count). The Balaban J connectivity index is 1.27. The van der Waals surface area contributed by atoms with Gasteiger partial charge in [0.05, 0.1) is 18.4 Å². The molecule has 1 amide bonds. The lowest BCUT2D eigenvalue weighted by atomic mass is 10.0. The third kappa shape index (κ3) is 3.51. The van der Waals surface area contributed by atoms with Crippen molar-refractivity contribution in [3.8, 4) is 0 Å². The number of rotatable bonds is 4. The van der Waals surface area contributed by atoms with E-state index in [2.05, 4.69) is 28.3 Å². The average molecular weight is 389 g/mol. The topological polar surface area (TPSA) is 62.7 Å². The Hall–Kier alpha value is -3.12. The van der Waals surface area contributed by atoms with Crippen LogP contribution in [0.15, 0.2) is 57.7 Å². The Morgan fingerprint density at radius 2 is 1.93 bits per heavy atom. The SMILES string of the molecule is Cc1cc(CN2CCN(C(=O)Cc3coc4ccc5ccccc5c34)CC2)no1. The number of nitrogens with zero attached hydrogens (tertiary/aromatic N) is 3. The number of hydrogen-bond acceptors (Lipinski definition) is 5. The highest BCUT2D eigenvalue weighted by Crippen LogP contribution is 2.30. The minimum atomic E-state index is 0.151. The van der Waals surface area contributed by atoms with Crippen LogP contribution in [0, 0.1) is 6.92 Å². The summed E-state index contributed by atoms with van der Waals surface area (Å²) in [6.45, 7) is 5.80. The zero-order valence-electron chi connectivity index (χ0n) is 16.4. The summed E-state index contributed by atoms with van der Waals surface area (Å²) in [7, 11) is 0. The van der Waals surface area contributed by atoms with Gasteiger partial charge < -0.3 is 13.8 Å². The number of carbonyl (C=O) groups excluding carboxylic acids is 1. The monoisotopic (exact) mass is 389 g/mol. The van der Waals surface area contributed by atoms with Crippen LogP contribution in [0.5, 0.6) is 0 Å². The quantitative estimate of drug-likeness (QED) is 0.532. The van der Waals surface area contributed by atoms with E-state index in [9.17, 15) is 4.79 Å². The van der Waals surface area contributed by atoms with Crippen molar-refractivity contribution in [1.29, 1.82) is 0 Å². The molecule has 1 saturated heterocycles. The van der Waals surface area contributed by atoms with Crippen molar-refractivity contribution in [2.75, 3.05) is 26.2 Å². The van der Waals surface area contributed by atoms with Crippen LogP contribution in [0.4, 0.5) is 0 Å². The minimum absolute atomic E-state index is 0.151. The van der Waals surface area contributed by atoms with Crippen molar-refractivity contribution in [3.05, 3.63) is 65.7 Å². The van der Waals surface area contributed by atoms with E-state index in [1.165, 1.54) is 0 Å². The molecule has 148 valence electrons. The first kappa shape index (κ1) is 17.9. The van der Waals surface area contributed by atoms with Crippen LogP contribution < -0.4 is 0 Å². The first-order valence-electron chi connectivity index (χ1n) is 9.97. The van der Waals surface area contributed by atoms with Gasteiger partial charge in [-0.1, -0.05) is 35.5 Å². The van der Waals surface area contributed by atoms with Crippen LogP contribution in [-0.4, -0.2) is 47.0 Å². The lowest BCUT2D eigenvalue weighted by Crippen LogP contribution is -2.48. The molecule has 0 saturated carbocycles. The number of carbonyl (C=O) groups is 1. The summed E-state index contributed by atoms with van der Waals surface area (Å²) < 4.78 is 10.9. The summed E-state index contributed by atoms with van der Waals surface area (Å²) >= 11 is 0. The lowest BCUT2D eigenvalue weighted by Gasteiger charge is -2.34. The number of hydrogen-bond donors (Lipinski definition) is 0. The summed E-state index contributed by atoms with van der Waals surface area (Å²) in [4.78, 5) is 17.2. The second kappa shape index (κ2) is 7.37. The van der Waals surface area contributed by atoms with Gasteiger partial charge in [0.15, 0.2) is 0 Å². The van der Waals surface area contributed by atoms with E-state index >= 15 is 0 Å². The van der Waals surface area contributed by atoms with Crippen LogP contribution in [0.1, 0.15) is 17.0 Å². The van der Waals surface area contributed by atoms with Gasteiger partial charge in [-0.3, -0.25) is 9.69 Å². The Morgan fingerprint density at radius 1 is 1.10 bits per heavy atom. The third-order valence-electron chi connectivity index (χ3n) is 5.67. The Morgan fingerprint density at radius 3 is 2.72 bits per heavy atom. The van der Waals surface area contributed by atoms with Crippen molar-refractivity contribution in [2.45, 2.75) is 19.9 Å². The van der Waals surface area contributed by atoms with E-state index in [0.717, 1.165) is 71.5 Å². The fourth-order valence-electron chi connectivity index (χ4n) is 4.16. The normalized spacial score (nSPS) is 15.4. The standard InChI is InChI=1S/C23H23N3O3/c1-16-12-19(24-29-16)14-25-8-10-26(11-9-25)22(27)13-18-15-28-21-7-6-17-4-2-3-5-20(17)23(18)21/h2-7,12,15H,8-11,13-14H2,1H3. The lowest BCUT2D eigenvalue weighted by molar-refractivity contribution is -0.132. The van der Waals surface area contributed by atoms with Crippen LogP contribution >= 0.6 is 0 Å². The fraction of sp³-hybridized carbons (Fsp3) is 0.304. The molecule has 0 bridgehead atoms. The molecule has 1 aliphatic heterocycles. The number of piperazine rings is 1. The molecule has 2 aromatic heterocycles. The highest BCUT2D eigenvalue weighted by Gasteiger charge is 2.23. The Labute approximate surface area is 168 Å². The molecule has 0 unspecified atom stereocenters. The molecule has 0 aliphatic carbocycles. The summed E-state index contributed by atoms with van der Waals surface area (Å²) in [6, 6.07) is 14.2. The molecule has 1 aliphatic rings. The minimum Gasteiger partial charge on any atom is -0.464 e. The number of aromatic nitrogens is 1. The first-order valence-corrected chi connectivity index (χ1v) is 9.97. The van der Waals surface area contributed by atoms with Gasteiger partial charge >= 0.3 is 0 Å². The van der Waals surface area contributed by atoms with Crippen LogP contribution in [-0.2, 0) is 17.8 Å². The maximum absolute atomic E-state index is 13.0. The summed E-state index contributed by atoms with van der Waals surface area (Å²) in [5, 5.41) is 7.41. The third-order valence-corrected chi connectivity index (χ3v) is 5.67. The van der Waals surface area contributed by atoms with E-state index < -0.39 is 0 Å². The average Bonchev–Trinajstić information content (AvgIpc) is 3.34. The predicted octanol–water partition coefficient (Wildman–Crippen LogP) is 3.77. The van der Waals surface area contributed by atoms with Crippen molar-refractivity contribution >= 4 is 27.6 Å². The maximum Gasteiger partial charge on any atom is 0.227 e. The number of benzene rings is 2. The fourth-order valence-corrected chi connectivity index (χ4v) is 4.16. The molecule has 29 heavy (non-hydrogen) atoms. The molecule has 0 radical (unpaired) electrons. The molecular weight excluding hydrogens is 366 g/mol. The van der Waals surface area contributed by atoms with Gasteiger partial charge in [-0.2, -0.15) is 0 Å². The van der Waals surface area contributed by atoms with E-state index in [1.807, 2.05) is 36.1 Å². The Bertz CT molecular complexity index is 1170. The molecule has 3 heterocycles. The van der Waals surface area contributed by atoms with Crippen molar-refractivity contribution < 1.29 is 13.7 Å². The van der Waals surface area contributed by atoms with Gasteiger partial charge in [0.2, 0.25) is 5.91 Å². The smallest absolute Gasteiger partial charge is 0.227 e.